The van der Waals surface area contributed by atoms with Crippen LogP contribution in [-0.2, 0) is 5.41 Å². The molecule has 90 valence electrons. The molecule has 3 nitrogen and oxygen atoms in total. The van der Waals surface area contributed by atoms with E-state index in [9.17, 15) is 0 Å². The van der Waals surface area contributed by atoms with E-state index in [1.807, 2.05) is 6.07 Å². The second kappa shape index (κ2) is 3.16. The standard InChI is InChI=1S/C14H17NO2/c15-9-6-10(7-9)17-12-3-1-2-11-13(12)14(4-5-14)8-16-11/h1-3,9-10H,4-8,15H2. The summed E-state index contributed by atoms with van der Waals surface area (Å²) >= 11 is 0. The highest BCUT2D eigenvalue weighted by Crippen LogP contribution is 2.58. The van der Waals surface area contributed by atoms with Crippen LogP contribution in [0.15, 0.2) is 18.2 Å². The van der Waals surface area contributed by atoms with Crippen LogP contribution in [0.4, 0.5) is 0 Å². The molecule has 0 atom stereocenters. The molecule has 2 aliphatic carbocycles. The molecule has 0 saturated heterocycles. The molecule has 0 radical (unpaired) electrons. The molecule has 17 heavy (non-hydrogen) atoms. The summed E-state index contributed by atoms with van der Waals surface area (Å²) in [6.45, 7) is 0.840. The molecule has 1 aliphatic heterocycles. The number of hydrogen-bond donors (Lipinski definition) is 1. The lowest BCUT2D eigenvalue weighted by atomic mass is 9.90. The third-order valence-electron chi connectivity index (χ3n) is 4.30. The predicted molar refractivity (Wildman–Crippen MR) is 64.5 cm³/mol. The highest BCUT2D eigenvalue weighted by atomic mass is 16.5. The average molecular weight is 231 g/mol. The van der Waals surface area contributed by atoms with Crippen LogP contribution in [0.5, 0.6) is 11.5 Å². The fourth-order valence-electron chi connectivity index (χ4n) is 2.97. The Balaban J connectivity index is 1.65. The number of fused-ring (bicyclic) bond motifs is 2. The summed E-state index contributed by atoms with van der Waals surface area (Å²) in [7, 11) is 0. The van der Waals surface area contributed by atoms with Gasteiger partial charge in [0.1, 0.15) is 17.6 Å². The van der Waals surface area contributed by atoms with Crippen LogP contribution in [0, 0.1) is 0 Å². The van der Waals surface area contributed by atoms with E-state index in [1.165, 1.54) is 18.4 Å². The smallest absolute Gasteiger partial charge is 0.127 e. The molecule has 1 aromatic carbocycles. The first-order valence-corrected chi connectivity index (χ1v) is 6.45. The zero-order valence-corrected chi connectivity index (χ0v) is 9.82. The van der Waals surface area contributed by atoms with E-state index in [1.54, 1.807) is 0 Å². The van der Waals surface area contributed by atoms with Crippen molar-refractivity contribution >= 4 is 0 Å². The quantitative estimate of drug-likeness (QED) is 0.846. The number of rotatable bonds is 2. The van der Waals surface area contributed by atoms with E-state index in [0.717, 1.165) is 30.9 Å². The fourth-order valence-corrected chi connectivity index (χ4v) is 2.97. The summed E-state index contributed by atoms with van der Waals surface area (Å²) in [4.78, 5) is 0. The van der Waals surface area contributed by atoms with Gasteiger partial charge in [-0.15, -0.1) is 0 Å². The molecular formula is C14H17NO2. The van der Waals surface area contributed by atoms with Crippen LogP contribution in [0.1, 0.15) is 31.2 Å². The molecule has 0 bridgehead atoms. The molecule has 0 amide bonds. The fraction of sp³-hybridized carbons (Fsp3) is 0.571. The molecule has 0 unspecified atom stereocenters. The van der Waals surface area contributed by atoms with Gasteiger partial charge in [0.2, 0.25) is 0 Å². The Kier molecular flexibility index (Phi) is 1.82. The third kappa shape index (κ3) is 1.38. The molecule has 3 aliphatic rings. The van der Waals surface area contributed by atoms with Gasteiger partial charge in [-0.05, 0) is 37.8 Å². The zero-order chi connectivity index (χ0) is 11.5. The van der Waals surface area contributed by atoms with Crippen molar-refractivity contribution in [1.82, 2.24) is 0 Å². The van der Waals surface area contributed by atoms with Crippen LogP contribution in [0.2, 0.25) is 0 Å². The minimum Gasteiger partial charge on any atom is -0.492 e. The Morgan fingerprint density at radius 3 is 2.82 bits per heavy atom. The summed E-state index contributed by atoms with van der Waals surface area (Å²) in [6, 6.07) is 6.50. The normalized spacial score (nSPS) is 31.6. The maximum Gasteiger partial charge on any atom is 0.127 e. The second-order valence-corrected chi connectivity index (χ2v) is 5.67. The Morgan fingerprint density at radius 2 is 2.12 bits per heavy atom. The van der Waals surface area contributed by atoms with Crippen molar-refractivity contribution in [1.29, 1.82) is 0 Å². The van der Waals surface area contributed by atoms with Gasteiger partial charge in [0.25, 0.3) is 0 Å². The Labute approximate surface area is 101 Å². The van der Waals surface area contributed by atoms with Crippen LogP contribution in [0.3, 0.4) is 0 Å². The molecule has 2 N–H and O–H groups in total. The minimum absolute atomic E-state index is 0.289. The highest BCUT2D eigenvalue weighted by Gasteiger charge is 2.52. The molecule has 1 spiro atoms. The minimum atomic E-state index is 0.289. The number of ether oxygens (including phenoxy) is 2. The van der Waals surface area contributed by atoms with Gasteiger partial charge in [0, 0.05) is 17.0 Å². The lowest BCUT2D eigenvalue weighted by Gasteiger charge is -2.33. The third-order valence-corrected chi connectivity index (χ3v) is 4.30. The van der Waals surface area contributed by atoms with E-state index in [-0.39, 0.29) is 5.41 Å². The monoisotopic (exact) mass is 231 g/mol. The van der Waals surface area contributed by atoms with Crippen LogP contribution >= 0.6 is 0 Å². The Morgan fingerprint density at radius 1 is 1.29 bits per heavy atom. The molecular weight excluding hydrogens is 214 g/mol. The lowest BCUT2D eigenvalue weighted by Crippen LogP contribution is -2.43. The highest BCUT2D eigenvalue weighted by molar-refractivity contribution is 5.55. The zero-order valence-electron chi connectivity index (χ0n) is 9.82. The topological polar surface area (TPSA) is 44.5 Å². The van der Waals surface area contributed by atoms with Gasteiger partial charge in [-0.2, -0.15) is 0 Å². The van der Waals surface area contributed by atoms with Gasteiger partial charge in [0.05, 0.1) is 6.61 Å². The van der Waals surface area contributed by atoms with Crippen molar-refractivity contribution in [3.8, 4) is 11.5 Å². The van der Waals surface area contributed by atoms with Gasteiger partial charge >= 0.3 is 0 Å². The summed E-state index contributed by atoms with van der Waals surface area (Å²) in [5.74, 6) is 2.07. The van der Waals surface area contributed by atoms with Crippen LogP contribution < -0.4 is 15.2 Å². The molecule has 3 heteroatoms. The molecule has 2 saturated carbocycles. The first kappa shape index (κ1) is 9.77. The van der Waals surface area contributed by atoms with Crippen molar-refractivity contribution in [2.45, 2.75) is 43.2 Å². The Bertz CT molecular complexity index is 461. The predicted octanol–water partition coefficient (Wildman–Crippen LogP) is 1.98. The second-order valence-electron chi connectivity index (χ2n) is 5.67. The van der Waals surface area contributed by atoms with Crippen molar-refractivity contribution < 1.29 is 9.47 Å². The summed E-state index contributed by atoms with van der Waals surface area (Å²) in [5, 5.41) is 0. The van der Waals surface area contributed by atoms with Crippen LogP contribution in [0.25, 0.3) is 0 Å². The van der Waals surface area contributed by atoms with Gasteiger partial charge in [-0.25, -0.2) is 0 Å². The van der Waals surface area contributed by atoms with Crippen molar-refractivity contribution in [3.05, 3.63) is 23.8 Å². The summed E-state index contributed by atoms with van der Waals surface area (Å²) in [5.41, 5.74) is 7.41. The SMILES string of the molecule is NC1CC(Oc2cccc3c2C2(CC2)CO3)C1. The van der Waals surface area contributed by atoms with Crippen molar-refractivity contribution in [2.24, 2.45) is 5.73 Å². The van der Waals surface area contributed by atoms with Crippen molar-refractivity contribution in [3.63, 3.8) is 0 Å². The summed E-state index contributed by atoms with van der Waals surface area (Å²) in [6.07, 6.45) is 4.76. The van der Waals surface area contributed by atoms with Gasteiger partial charge in [-0.3, -0.25) is 0 Å². The maximum absolute atomic E-state index is 6.08. The van der Waals surface area contributed by atoms with Gasteiger partial charge in [-0.1, -0.05) is 6.07 Å². The molecule has 0 aromatic heterocycles. The number of nitrogens with two attached hydrogens (primary N) is 1. The van der Waals surface area contributed by atoms with Gasteiger partial charge in [0.15, 0.2) is 0 Å². The molecule has 2 fully saturated rings. The first-order chi connectivity index (χ1) is 8.27. The van der Waals surface area contributed by atoms with Crippen LogP contribution in [-0.4, -0.2) is 18.8 Å². The van der Waals surface area contributed by atoms with Gasteiger partial charge < -0.3 is 15.2 Å². The largest absolute Gasteiger partial charge is 0.492 e. The van der Waals surface area contributed by atoms with E-state index in [0.29, 0.717) is 12.1 Å². The average Bonchev–Trinajstić information content (AvgIpc) is 2.95. The number of hydrogen-bond acceptors (Lipinski definition) is 3. The Hall–Kier alpha value is -1.22. The van der Waals surface area contributed by atoms with E-state index in [2.05, 4.69) is 12.1 Å². The van der Waals surface area contributed by atoms with E-state index < -0.39 is 0 Å². The summed E-state index contributed by atoms with van der Waals surface area (Å²) < 4.78 is 11.8. The molecule has 4 rings (SSSR count). The van der Waals surface area contributed by atoms with Crippen molar-refractivity contribution in [2.75, 3.05) is 6.61 Å². The lowest BCUT2D eigenvalue weighted by molar-refractivity contribution is 0.0994. The maximum atomic E-state index is 6.08. The van der Waals surface area contributed by atoms with E-state index in [4.69, 9.17) is 15.2 Å². The molecule has 1 aromatic rings. The first-order valence-electron chi connectivity index (χ1n) is 6.45. The van der Waals surface area contributed by atoms with E-state index >= 15 is 0 Å². The molecule has 1 heterocycles. The number of benzene rings is 1.